The first-order valence-corrected chi connectivity index (χ1v) is 9.29. The minimum atomic E-state index is -4.36. The number of nitrogens with one attached hydrogen (secondary N) is 1. The van der Waals surface area contributed by atoms with E-state index in [2.05, 4.69) is 11.4 Å². The molecule has 1 aromatic rings. The Hall–Kier alpha value is -2.02. The van der Waals surface area contributed by atoms with Gasteiger partial charge >= 0.3 is 12.2 Å². The number of rotatable bonds is 4. The number of likely N-dealkylation sites (N-methyl/N-ethyl adjacent to an activating group) is 1. The molecular formula is C20H25F3N2O2. The lowest BCUT2D eigenvalue weighted by Gasteiger charge is -2.27. The molecule has 2 atom stereocenters. The van der Waals surface area contributed by atoms with E-state index in [0.717, 1.165) is 37.3 Å². The van der Waals surface area contributed by atoms with E-state index in [0.29, 0.717) is 25.3 Å². The Morgan fingerprint density at radius 3 is 2.85 bits per heavy atom. The zero-order valence-corrected chi connectivity index (χ0v) is 15.4. The van der Waals surface area contributed by atoms with Crippen molar-refractivity contribution in [3.8, 4) is 0 Å². The summed E-state index contributed by atoms with van der Waals surface area (Å²) in [4.78, 5) is 14.1. The van der Waals surface area contributed by atoms with Gasteiger partial charge in [0, 0.05) is 25.6 Å². The Balaban J connectivity index is 1.64. The van der Waals surface area contributed by atoms with Gasteiger partial charge < -0.3 is 15.0 Å². The first kappa shape index (κ1) is 19.7. The molecule has 27 heavy (non-hydrogen) atoms. The van der Waals surface area contributed by atoms with Crippen LogP contribution in [0.5, 0.6) is 0 Å². The standard InChI is InChI=1S/C20H25F3N2O2/c1-25(12-14-5-4-10-27-13-14)19(26)24-18-9-3-8-17(18)15-6-2-7-16(11-15)20(21,22)23/h2,5-7,11,17-18H,3-4,8-10,12-13H2,1H3,(H,24,26). The van der Waals surface area contributed by atoms with Gasteiger partial charge in [0.2, 0.25) is 0 Å². The number of hydrogen-bond donors (Lipinski definition) is 1. The van der Waals surface area contributed by atoms with Crippen molar-refractivity contribution in [3.05, 3.63) is 47.0 Å². The van der Waals surface area contributed by atoms with Crippen molar-refractivity contribution in [2.45, 2.75) is 43.8 Å². The molecule has 7 heteroatoms. The van der Waals surface area contributed by atoms with Crippen molar-refractivity contribution in [3.63, 3.8) is 0 Å². The molecule has 1 N–H and O–H groups in total. The lowest BCUT2D eigenvalue weighted by molar-refractivity contribution is -0.137. The minimum absolute atomic E-state index is 0.0955. The highest BCUT2D eigenvalue weighted by molar-refractivity contribution is 5.74. The molecule has 0 saturated heterocycles. The molecule has 0 bridgehead atoms. The van der Waals surface area contributed by atoms with Gasteiger partial charge in [-0.05, 0) is 36.5 Å². The number of halogens is 3. The van der Waals surface area contributed by atoms with E-state index < -0.39 is 11.7 Å². The fraction of sp³-hybridized carbons (Fsp3) is 0.550. The van der Waals surface area contributed by atoms with Crippen molar-refractivity contribution in [1.29, 1.82) is 0 Å². The molecule has 2 amide bonds. The van der Waals surface area contributed by atoms with Crippen molar-refractivity contribution < 1.29 is 22.7 Å². The highest BCUT2D eigenvalue weighted by Gasteiger charge is 2.34. The predicted molar refractivity (Wildman–Crippen MR) is 96.5 cm³/mol. The number of ether oxygens (including phenoxy) is 1. The molecule has 4 nitrogen and oxygen atoms in total. The van der Waals surface area contributed by atoms with Crippen LogP contribution < -0.4 is 5.32 Å². The molecule has 0 spiro atoms. The highest BCUT2D eigenvalue weighted by atomic mass is 19.4. The van der Waals surface area contributed by atoms with Gasteiger partial charge in [0.25, 0.3) is 0 Å². The highest BCUT2D eigenvalue weighted by Crippen LogP contribution is 2.37. The molecule has 2 unspecified atom stereocenters. The maximum Gasteiger partial charge on any atom is 0.416 e. The van der Waals surface area contributed by atoms with Gasteiger partial charge in [-0.25, -0.2) is 4.79 Å². The summed E-state index contributed by atoms with van der Waals surface area (Å²) in [6.45, 7) is 1.74. The van der Waals surface area contributed by atoms with Crippen LogP contribution in [0.2, 0.25) is 0 Å². The molecule has 148 valence electrons. The minimum Gasteiger partial charge on any atom is -0.377 e. The molecule has 1 aliphatic heterocycles. The number of carbonyl (C=O) groups is 1. The Morgan fingerprint density at radius 2 is 2.15 bits per heavy atom. The third-order valence-electron chi connectivity index (χ3n) is 5.24. The van der Waals surface area contributed by atoms with Gasteiger partial charge in [-0.1, -0.05) is 30.7 Å². The van der Waals surface area contributed by atoms with Crippen LogP contribution >= 0.6 is 0 Å². The van der Waals surface area contributed by atoms with Crippen molar-refractivity contribution in [1.82, 2.24) is 10.2 Å². The van der Waals surface area contributed by atoms with Gasteiger partial charge in [-0.2, -0.15) is 13.2 Å². The van der Waals surface area contributed by atoms with Crippen LogP contribution in [0.25, 0.3) is 0 Å². The lowest BCUT2D eigenvalue weighted by Crippen LogP contribution is -2.45. The van der Waals surface area contributed by atoms with Gasteiger partial charge in [0.05, 0.1) is 18.8 Å². The van der Waals surface area contributed by atoms with Crippen LogP contribution in [-0.4, -0.2) is 43.8 Å². The van der Waals surface area contributed by atoms with Crippen LogP contribution in [0, 0.1) is 0 Å². The normalized spacial score (nSPS) is 23.0. The van der Waals surface area contributed by atoms with Crippen molar-refractivity contribution in [2.75, 3.05) is 26.8 Å². The first-order chi connectivity index (χ1) is 12.8. The molecule has 1 saturated carbocycles. The van der Waals surface area contributed by atoms with E-state index in [1.54, 1.807) is 18.0 Å². The van der Waals surface area contributed by atoms with Crippen LogP contribution in [0.1, 0.15) is 42.7 Å². The summed E-state index contributed by atoms with van der Waals surface area (Å²) in [5.41, 5.74) is 1.07. The fourth-order valence-corrected chi connectivity index (χ4v) is 3.84. The second-order valence-corrected chi connectivity index (χ2v) is 7.28. The van der Waals surface area contributed by atoms with Crippen molar-refractivity contribution >= 4 is 6.03 Å². The summed E-state index contributed by atoms with van der Waals surface area (Å²) in [5.74, 6) is -0.0955. The average molecular weight is 382 g/mol. The van der Waals surface area contributed by atoms with Crippen LogP contribution in [0.4, 0.5) is 18.0 Å². The summed E-state index contributed by atoms with van der Waals surface area (Å²) >= 11 is 0. The van der Waals surface area contributed by atoms with E-state index >= 15 is 0 Å². The molecule has 1 heterocycles. The molecule has 1 aliphatic carbocycles. The third kappa shape index (κ3) is 5.03. The average Bonchev–Trinajstić information content (AvgIpc) is 3.10. The van der Waals surface area contributed by atoms with E-state index in [1.807, 2.05) is 0 Å². The maximum atomic E-state index is 13.0. The van der Waals surface area contributed by atoms with Gasteiger partial charge in [0.15, 0.2) is 0 Å². The van der Waals surface area contributed by atoms with E-state index in [-0.39, 0.29) is 18.0 Å². The summed E-state index contributed by atoms with van der Waals surface area (Å²) in [6, 6.07) is 5.10. The van der Waals surface area contributed by atoms with E-state index in [1.165, 1.54) is 12.1 Å². The monoisotopic (exact) mass is 382 g/mol. The van der Waals surface area contributed by atoms with Gasteiger partial charge in [-0.3, -0.25) is 0 Å². The Labute approximate surface area is 157 Å². The summed E-state index contributed by atoms with van der Waals surface area (Å²) < 4.78 is 44.4. The molecule has 1 fully saturated rings. The van der Waals surface area contributed by atoms with Crippen LogP contribution in [0.15, 0.2) is 35.9 Å². The summed E-state index contributed by atoms with van der Waals surface area (Å²) in [5, 5.41) is 3.01. The molecule has 0 radical (unpaired) electrons. The molecule has 2 aliphatic rings. The molecule has 0 aromatic heterocycles. The van der Waals surface area contributed by atoms with Gasteiger partial charge in [0.1, 0.15) is 0 Å². The smallest absolute Gasteiger partial charge is 0.377 e. The number of benzene rings is 1. The quantitative estimate of drug-likeness (QED) is 0.788. The second-order valence-electron chi connectivity index (χ2n) is 7.28. The Kier molecular flexibility index (Phi) is 6.09. The largest absolute Gasteiger partial charge is 0.416 e. The molecule has 3 rings (SSSR count). The lowest BCUT2D eigenvalue weighted by atomic mass is 9.92. The van der Waals surface area contributed by atoms with Crippen LogP contribution in [0.3, 0.4) is 0 Å². The molecule has 1 aromatic carbocycles. The predicted octanol–water partition coefficient (Wildman–Crippen LogP) is 4.33. The van der Waals surface area contributed by atoms with E-state index in [9.17, 15) is 18.0 Å². The third-order valence-corrected chi connectivity index (χ3v) is 5.24. The number of nitrogens with zero attached hydrogens (tertiary/aromatic N) is 1. The number of alkyl halides is 3. The Morgan fingerprint density at radius 1 is 1.33 bits per heavy atom. The molecular weight excluding hydrogens is 357 g/mol. The second kappa shape index (κ2) is 8.33. The number of hydrogen-bond acceptors (Lipinski definition) is 2. The zero-order valence-electron chi connectivity index (χ0n) is 15.4. The SMILES string of the molecule is CN(CC1=CCCOC1)C(=O)NC1CCCC1c1cccc(C(F)(F)F)c1. The first-order valence-electron chi connectivity index (χ1n) is 9.29. The summed E-state index contributed by atoms with van der Waals surface area (Å²) in [6.07, 6.45) is 1.01. The number of carbonyl (C=O) groups excluding carboxylic acids is 1. The number of urea groups is 1. The van der Waals surface area contributed by atoms with Crippen molar-refractivity contribution in [2.24, 2.45) is 0 Å². The van der Waals surface area contributed by atoms with E-state index in [4.69, 9.17) is 4.74 Å². The van der Waals surface area contributed by atoms with Gasteiger partial charge in [-0.15, -0.1) is 0 Å². The fourth-order valence-electron chi connectivity index (χ4n) is 3.84. The topological polar surface area (TPSA) is 41.6 Å². The zero-order chi connectivity index (χ0) is 19.4. The Bertz CT molecular complexity index is 703. The van der Waals surface area contributed by atoms with Crippen LogP contribution in [-0.2, 0) is 10.9 Å². The number of amides is 2. The summed E-state index contributed by atoms with van der Waals surface area (Å²) in [7, 11) is 1.72. The maximum absolute atomic E-state index is 13.0.